The molecule has 140 valence electrons. The van der Waals surface area contributed by atoms with Gasteiger partial charge in [0.15, 0.2) is 0 Å². The Kier molecular flexibility index (Phi) is 5.35. The Morgan fingerprint density at radius 2 is 2.00 bits per heavy atom. The Bertz CT molecular complexity index is 897. The molecule has 1 heterocycles. The molecule has 0 aromatic heterocycles. The topological polar surface area (TPSA) is 105 Å². The van der Waals surface area contributed by atoms with Crippen molar-refractivity contribution in [2.24, 2.45) is 0 Å². The number of hydrogen-bond donors (Lipinski definition) is 2. The first-order valence-electron chi connectivity index (χ1n) is 8.64. The van der Waals surface area contributed by atoms with Crippen LogP contribution in [-0.2, 0) is 11.2 Å². The molecule has 0 bridgehead atoms. The Morgan fingerprint density at radius 1 is 1.22 bits per heavy atom. The summed E-state index contributed by atoms with van der Waals surface area (Å²) in [6.07, 6.45) is 1.81. The third-order valence-electron chi connectivity index (χ3n) is 4.53. The van der Waals surface area contributed by atoms with E-state index in [2.05, 4.69) is 10.6 Å². The van der Waals surface area contributed by atoms with Gasteiger partial charge in [0.2, 0.25) is 5.91 Å². The number of rotatable bonds is 5. The molecule has 2 aromatic rings. The van der Waals surface area contributed by atoms with Crippen molar-refractivity contribution in [3.8, 4) is 0 Å². The lowest BCUT2D eigenvalue weighted by Crippen LogP contribution is -2.39. The molecular weight excluding hydrogens is 348 g/mol. The minimum atomic E-state index is -0.574. The normalized spacial score (nSPS) is 12.9. The molecule has 1 aliphatic heterocycles. The number of nitro benzene ring substituents is 1. The van der Waals surface area contributed by atoms with Crippen LogP contribution < -0.4 is 15.5 Å². The minimum Gasteiger partial charge on any atom is -0.371 e. The predicted molar refractivity (Wildman–Crippen MR) is 102 cm³/mol. The second-order valence-corrected chi connectivity index (χ2v) is 6.20. The zero-order valence-electron chi connectivity index (χ0n) is 14.9. The van der Waals surface area contributed by atoms with E-state index >= 15 is 0 Å². The average Bonchev–Trinajstić information content (AvgIpc) is 2.70. The van der Waals surface area contributed by atoms with Crippen LogP contribution in [0, 0.1) is 10.1 Å². The summed E-state index contributed by atoms with van der Waals surface area (Å²) in [5, 5.41) is 16.6. The number of para-hydroxylation sites is 1. The molecule has 0 atom stereocenters. The van der Waals surface area contributed by atoms with Crippen molar-refractivity contribution < 1.29 is 14.5 Å². The molecule has 2 amide bonds. The average molecular weight is 368 g/mol. The molecule has 8 nitrogen and oxygen atoms in total. The number of nitro groups is 1. The van der Waals surface area contributed by atoms with Gasteiger partial charge >= 0.3 is 0 Å². The van der Waals surface area contributed by atoms with Crippen LogP contribution >= 0.6 is 0 Å². The van der Waals surface area contributed by atoms with E-state index in [1.54, 1.807) is 4.90 Å². The van der Waals surface area contributed by atoms with Crippen molar-refractivity contribution in [3.63, 3.8) is 0 Å². The first-order valence-corrected chi connectivity index (χ1v) is 8.64. The number of nitrogens with zero attached hydrogens (tertiary/aromatic N) is 2. The number of aryl methyl sites for hydroxylation is 1. The van der Waals surface area contributed by atoms with Crippen molar-refractivity contribution in [1.29, 1.82) is 0 Å². The molecule has 0 fully saturated rings. The van der Waals surface area contributed by atoms with Crippen LogP contribution in [0.15, 0.2) is 42.5 Å². The first kappa shape index (κ1) is 18.4. The molecule has 3 rings (SSSR count). The summed E-state index contributed by atoms with van der Waals surface area (Å²) in [5.74, 6) is -0.572. The maximum absolute atomic E-state index is 12.7. The number of fused-ring (bicyclic) bond motifs is 1. The Hall–Kier alpha value is -3.42. The lowest BCUT2D eigenvalue weighted by atomic mass is 10.0. The fourth-order valence-electron chi connectivity index (χ4n) is 3.18. The SMILES string of the molecule is CNC(=O)c1ccc(NCC(=O)N2CCCc3ccccc32)c([N+](=O)[O-])c1. The Morgan fingerprint density at radius 3 is 2.74 bits per heavy atom. The van der Waals surface area contributed by atoms with Crippen LogP contribution in [0.4, 0.5) is 17.1 Å². The minimum absolute atomic E-state index is 0.0749. The number of amides is 2. The van der Waals surface area contributed by atoms with Gasteiger partial charge in [-0.05, 0) is 36.6 Å². The molecule has 8 heteroatoms. The monoisotopic (exact) mass is 368 g/mol. The van der Waals surface area contributed by atoms with Gasteiger partial charge in [-0.25, -0.2) is 0 Å². The fourth-order valence-corrected chi connectivity index (χ4v) is 3.18. The van der Waals surface area contributed by atoms with E-state index in [0.717, 1.165) is 24.1 Å². The summed E-state index contributed by atoms with van der Waals surface area (Å²) in [5.41, 5.74) is 2.15. The van der Waals surface area contributed by atoms with E-state index in [1.165, 1.54) is 25.2 Å². The summed E-state index contributed by atoms with van der Waals surface area (Å²) >= 11 is 0. The maximum Gasteiger partial charge on any atom is 0.293 e. The first-order chi connectivity index (χ1) is 13.0. The Balaban J connectivity index is 1.76. The van der Waals surface area contributed by atoms with Gasteiger partial charge < -0.3 is 15.5 Å². The molecular formula is C19H20N4O4. The molecule has 0 saturated heterocycles. The lowest BCUT2D eigenvalue weighted by Gasteiger charge is -2.29. The Labute approximate surface area is 156 Å². The summed E-state index contributed by atoms with van der Waals surface area (Å²) in [4.78, 5) is 36.8. The van der Waals surface area contributed by atoms with E-state index in [4.69, 9.17) is 0 Å². The molecule has 1 aliphatic rings. The van der Waals surface area contributed by atoms with Gasteiger partial charge in [-0.15, -0.1) is 0 Å². The van der Waals surface area contributed by atoms with Gasteiger partial charge in [0, 0.05) is 30.9 Å². The number of nitrogens with one attached hydrogen (secondary N) is 2. The quantitative estimate of drug-likeness (QED) is 0.623. The molecule has 0 unspecified atom stereocenters. The zero-order chi connectivity index (χ0) is 19.4. The number of carbonyl (C=O) groups is 2. The molecule has 2 aromatic carbocycles. The summed E-state index contributed by atoms with van der Waals surface area (Å²) in [7, 11) is 1.45. The molecule has 0 radical (unpaired) electrons. The lowest BCUT2D eigenvalue weighted by molar-refractivity contribution is -0.384. The van der Waals surface area contributed by atoms with Crippen LogP contribution in [-0.4, -0.2) is 36.9 Å². The van der Waals surface area contributed by atoms with E-state index in [9.17, 15) is 19.7 Å². The smallest absolute Gasteiger partial charge is 0.293 e. The van der Waals surface area contributed by atoms with Gasteiger partial charge in [-0.2, -0.15) is 0 Å². The van der Waals surface area contributed by atoms with E-state index in [1.807, 2.05) is 24.3 Å². The van der Waals surface area contributed by atoms with Gasteiger partial charge in [0.05, 0.1) is 11.5 Å². The largest absolute Gasteiger partial charge is 0.371 e. The number of hydrogen-bond acceptors (Lipinski definition) is 5. The molecule has 0 spiro atoms. The van der Waals surface area contributed by atoms with E-state index in [-0.39, 0.29) is 29.4 Å². The van der Waals surface area contributed by atoms with E-state index in [0.29, 0.717) is 6.54 Å². The van der Waals surface area contributed by atoms with Crippen molar-refractivity contribution in [1.82, 2.24) is 5.32 Å². The highest BCUT2D eigenvalue weighted by Gasteiger charge is 2.23. The third-order valence-corrected chi connectivity index (χ3v) is 4.53. The molecule has 0 saturated carbocycles. The van der Waals surface area contributed by atoms with E-state index < -0.39 is 10.8 Å². The number of benzene rings is 2. The van der Waals surface area contributed by atoms with Gasteiger partial charge in [-0.3, -0.25) is 19.7 Å². The van der Waals surface area contributed by atoms with Gasteiger partial charge in [0.25, 0.3) is 11.6 Å². The van der Waals surface area contributed by atoms with Crippen molar-refractivity contribution in [2.75, 3.05) is 30.4 Å². The molecule has 27 heavy (non-hydrogen) atoms. The summed E-state index contributed by atoms with van der Waals surface area (Å²) in [6.45, 7) is 0.545. The fraction of sp³-hybridized carbons (Fsp3) is 0.263. The van der Waals surface area contributed by atoms with Crippen molar-refractivity contribution in [3.05, 3.63) is 63.7 Å². The van der Waals surface area contributed by atoms with Crippen molar-refractivity contribution in [2.45, 2.75) is 12.8 Å². The number of anilines is 2. The highest BCUT2D eigenvalue weighted by molar-refractivity contribution is 5.98. The van der Waals surface area contributed by atoms with Crippen LogP contribution in [0.25, 0.3) is 0 Å². The second kappa shape index (κ2) is 7.86. The molecule has 0 aliphatic carbocycles. The standard InChI is InChI=1S/C19H20N4O4/c1-20-19(25)14-8-9-15(17(11-14)23(26)27)21-12-18(24)22-10-4-6-13-5-2-3-7-16(13)22/h2-3,5,7-9,11,21H,4,6,10,12H2,1H3,(H,20,25). The van der Waals surface area contributed by atoms with Crippen LogP contribution in [0.2, 0.25) is 0 Å². The zero-order valence-corrected chi connectivity index (χ0v) is 14.9. The summed E-state index contributed by atoms with van der Waals surface area (Å²) < 4.78 is 0. The highest BCUT2D eigenvalue weighted by atomic mass is 16.6. The second-order valence-electron chi connectivity index (χ2n) is 6.20. The number of carbonyl (C=O) groups excluding carboxylic acids is 2. The third kappa shape index (κ3) is 3.89. The van der Waals surface area contributed by atoms with Gasteiger partial charge in [-0.1, -0.05) is 18.2 Å². The van der Waals surface area contributed by atoms with Gasteiger partial charge in [0.1, 0.15) is 5.69 Å². The molecule has 2 N–H and O–H groups in total. The summed E-state index contributed by atoms with van der Waals surface area (Å²) in [6, 6.07) is 11.9. The predicted octanol–water partition coefficient (Wildman–Crippen LogP) is 2.35. The van der Waals surface area contributed by atoms with Crippen LogP contribution in [0.5, 0.6) is 0 Å². The maximum atomic E-state index is 12.7. The van der Waals surface area contributed by atoms with Crippen LogP contribution in [0.1, 0.15) is 22.3 Å². The highest BCUT2D eigenvalue weighted by Crippen LogP contribution is 2.28. The van der Waals surface area contributed by atoms with Crippen molar-refractivity contribution >= 4 is 28.9 Å². The van der Waals surface area contributed by atoms with Crippen LogP contribution in [0.3, 0.4) is 0 Å².